The second kappa shape index (κ2) is 8.48. The van der Waals surface area contributed by atoms with Gasteiger partial charge in [-0.3, -0.25) is 4.79 Å². The predicted molar refractivity (Wildman–Crippen MR) is 75.7 cm³/mol. The van der Waals surface area contributed by atoms with E-state index in [2.05, 4.69) is 6.58 Å². The Kier molecular flexibility index (Phi) is 6.90. The standard InChI is InChI=1S/C16H22O3/c1-4-8-15(11-16(17)19-13(2)3)18-12-14-9-6-5-7-10-14/h4-7,9-10,13,15H,1,8,11-12H2,2-3H3/t15-/m1/s1. The van der Waals surface area contributed by atoms with Gasteiger partial charge in [0, 0.05) is 0 Å². The average Bonchev–Trinajstić information content (AvgIpc) is 2.36. The Labute approximate surface area is 115 Å². The highest BCUT2D eigenvalue weighted by atomic mass is 16.5. The summed E-state index contributed by atoms with van der Waals surface area (Å²) >= 11 is 0. The summed E-state index contributed by atoms with van der Waals surface area (Å²) in [6.07, 6.45) is 2.39. The van der Waals surface area contributed by atoms with Crippen LogP contribution >= 0.6 is 0 Å². The van der Waals surface area contributed by atoms with Crippen LogP contribution in [0.25, 0.3) is 0 Å². The molecule has 19 heavy (non-hydrogen) atoms. The van der Waals surface area contributed by atoms with Gasteiger partial charge < -0.3 is 9.47 Å². The fraction of sp³-hybridized carbons (Fsp3) is 0.438. The molecule has 0 heterocycles. The summed E-state index contributed by atoms with van der Waals surface area (Å²) in [6, 6.07) is 9.89. The van der Waals surface area contributed by atoms with Crippen LogP contribution in [0.5, 0.6) is 0 Å². The summed E-state index contributed by atoms with van der Waals surface area (Å²) in [4.78, 5) is 11.6. The molecule has 1 aromatic carbocycles. The highest BCUT2D eigenvalue weighted by Gasteiger charge is 2.15. The number of carbonyl (C=O) groups is 1. The maximum Gasteiger partial charge on any atom is 0.308 e. The summed E-state index contributed by atoms with van der Waals surface area (Å²) in [5.41, 5.74) is 1.09. The van der Waals surface area contributed by atoms with Crippen molar-refractivity contribution >= 4 is 5.97 Å². The highest BCUT2D eigenvalue weighted by molar-refractivity contribution is 5.70. The fourth-order valence-corrected chi connectivity index (χ4v) is 1.68. The van der Waals surface area contributed by atoms with Crippen molar-refractivity contribution in [1.29, 1.82) is 0 Å². The lowest BCUT2D eigenvalue weighted by atomic mass is 10.1. The van der Waals surface area contributed by atoms with Crippen LogP contribution in [0.15, 0.2) is 43.0 Å². The van der Waals surface area contributed by atoms with Gasteiger partial charge in [-0.05, 0) is 25.8 Å². The molecule has 0 aliphatic rings. The van der Waals surface area contributed by atoms with Crippen molar-refractivity contribution in [1.82, 2.24) is 0 Å². The molecule has 0 fully saturated rings. The maximum absolute atomic E-state index is 11.6. The third kappa shape index (κ3) is 6.77. The van der Waals surface area contributed by atoms with E-state index < -0.39 is 0 Å². The molecule has 0 aliphatic heterocycles. The van der Waals surface area contributed by atoms with Crippen LogP contribution in [0.4, 0.5) is 0 Å². The van der Waals surface area contributed by atoms with Gasteiger partial charge in [0.2, 0.25) is 0 Å². The number of esters is 1. The van der Waals surface area contributed by atoms with Gasteiger partial charge in [0.1, 0.15) is 0 Å². The highest BCUT2D eigenvalue weighted by Crippen LogP contribution is 2.11. The van der Waals surface area contributed by atoms with Crippen molar-refractivity contribution in [2.75, 3.05) is 0 Å². The van der Waals surface area contributed by atoms with Gasteiger partial charge in [0.25, 0.3) is 0 Å². The first kappa shape index (κ1) is 15.4. The summed E-state index contributed by atoms with van der Waals surface area (Å²) in [6.45, 7) is 7.86. The molecular formula is C16H22O3. The van der Waals surface area contributed by atoms with Crippen molar-refractivity contribution in [3.63, 3.8) is 0 Å². The molecule has 0 N–H and O–H groups in total. The number of ether oxygens (including phenoxy) is 2. The van der Waals surface area contributed by atoms with Gasteiger partial charge in [-0.2, -0.15) is 0 Å². The number of rotatable bonds is 8. The first-order valence-electron chi connectivity index (χ1n) is 6.57. The minimum absolute atomic E-state index is 0.0917. The molecule has 0 radical (unpaired) electrons. The van der Waals surface area contributed by atoms with Gasteiger partial charge in [0.05, 0.1) is 25.2 Å². The van der Waals surface area contributed by atoms with Crippen molar-refractivity contribution in [3.05, 3.63) is 48.6 Å². The first-order chi connectivity index (χ1) is 9.11. The molecule has 0 aromatic heterocycles. The van der Waals surface area contributed by atoms with E-state index in [1.54, 1.807) is 6.08 Å². The van der Waals surface area contributed by atoms with Crippen molar-refractivity contribution < 1.29 is 14.3 Å². The molecule has 104 valence electrons. The van der Waals surface area contributed by atoms with Gasteiger partial charge in [-0.1, -0.05) is 36.4 Å². The average molecular weight is 262 g/mol. The fourth-order valence-electron chi connectivity index (χ4n) is 1.68. The van der Waals surface area contributed by atoms with Crippen molar-refractivity contribution in [3.8, 4) is 0 Å². The van der Waals surface area contributed by atoms with Crippen molar-refractivity contribution in [2.24, 2.45) is 0 Å². The van der Waals surface area contributed by atoms with E-state index in [-0.39, 0.29) is 24.6 Å². The minimum atomic E-state index is -0.227. The smallest absolute Gasteiger partial charge is 0.308 e. The van der Waals surface area contributed by atoms with Gasteiger partial charge in [0.15, 0.2) is 0 Å². The molecule has 1 rings (SSSR count). The van der Waals surface area contributed by atoms with E-state index in [4.69, 9.17) is 9.47 Å². The van der Waals surface area contributed by atoms with Crippen LogP contribution in [-0.2, 0) is 20.9 Å². The van der Waals surface area contributed by atoms with E-state index in [9.17, 15) is 4.79 Å². The van der Waals surface area contributed by atoms with E-state index >= 15 is 0 Å². The quantitative estimate of drug-likeness (QED) is 0.531. The molecule has 3 heteroatoms. The number of hydrogen-bond donors (Lipinski definition) is 0. The van der Waals surface area contributed by atoms with E-state index in [1.807, 2.05) is 44.2 Å². The van der Waals surface area contributed by atoms with E-state index in [0.717, 1.165) is 5.56 Å². The maximum atomic E-state index is 11.6. The molecule has 0 amide bonds. The first-order valence-corrected chi connectivity index (χ1v) is 6.57. The number of hydrogen-bond acceptors (Lipinski definition) is 3. The zero-order valence-corrected chi connectivity index (χ0v) is 11.7. The van der Waals surface area contributed by atoms with Crippen LogP contribution in [0.2, 0.25) is 0 Å². The van der Waals surface area contributed by atoms with E-state index in [1.165, 1.54) is 0 Å². The third-order valence-corrected chi connectivity index (χ3v) is 2.52. The Morgan fingerprint density at radius 2 is 2.00 bits per heavy atom. The SMILES string of the molecule is C=CC[C@H](CC(=O)OC(C)C)OCc1ccccc1. The molecule has 3 nitrogen and oxygen atoms in total. The second-order valence-corrected chi connectivity index (χ2v) is 4.69. The predicted octanol–water partition coefficient (Wildman–Crippen LogP) is 3.49. The van der Waals surface area contributed by atoms with Gasteiger partial charge >= 0.3 is 5.97 Å². The summed E-state index contributed by atoms with van der Waals surface area (Å²) in [5.74, 6) is -0.227. The van der Waals surface area contributed by atoms with Crippen molar-refractivity contribution in [2.45, 2.75) is 45.5 Å². The largest absolute Gasteiger partial charge is 0.463 e. The number of carbonyl (C=O) groups excluding carboxylic acids is 1. The van der Waals surface area contributed by atoms with Crippen LogP contribution in [0.3, 0.4) is 0 Å². The van der Waals surface area contributed by atoms with E-state index in [0.29, 0.717) is 13.0 Å². The Balaban J connectivity index is 2.44. The molecule has 0 aliphatic carbocycles. The zero-order chi connectivity index (χ0) is 14.1. The lowest BCUT2D eigenvalue weighted by Gasteiger charge is -2.16. The molecule has 0 saturated heterocycles. The summed E-state index contributed by atoms with van der Waals surface area (Å²) < 4.78 is 10.9. The molecule has 1 aromatic rings. The van der Waals surface area contributed by atoms with Crippen LogP contribution < -0.4 is 0 Å². The van der Waals surface area contributed by atoms with Crippen LogP contribution in [0.1, 0.15) is 32.3 Å². The zero-order valence-electron chi connectivity index (χ0n) is 11.7. The molecule has 0 bridgehead atoms. The van der Waals surface area contributed by atoms with Crippen LogP contribution in [-0.4, -0.2) is 18.2 Å². The topological polar surface area (TPSA) is 35.5 Å². The number of benzene rings is 1. The Hall–Kier alpha value is -1.61. The molecule has 0 spiro atoms. The van der Waals surface area contributed by atoms with Crippen LogP contribution in [0, 0.1) is 0 Å². The lowest BCUT2D eigenvalue weighted by molar-refractivity contribution is -0.150. The van der Waals surface area contributed by atoms with Gasteiger partial charge in [-0.25, -0.2) is 0 Å². The molecular weight excluding hydrogens is 240 g/mol. The minimum Gasteiger partial charge on any atom is -0.463 e. The Morgan fingerprint density at radius 1 is 1.32 bits per heavy atom. The third-order valence-electron chi connectivity index (χ3n) is 2.52. The normalized spacial score (nSPS) is 12.2. The molecule has 0 unspecified atom stereocenters. The monoisotopic (exact) mass is 262 g/mol. The summed E-state index contributed by atoms with van der Waals surface area (Å²) in [7, 11) is 0. The summed E-state index contributed by atoms with van der Waals surface area (Å²) in [5, 5.41) is 0. The lowest BCUT2D eigenvalue weighted by Crippen LogP contribution is -2.21. The Bertz CT molecular complexity index is 384. The second-order valence-electron chi connectivity index (χ2n) is 4.69. The van der Waals surface area contributed by atoms with Gasteiger partial charge in [-0.15, -0.1) is 6.58 Å². The molecule has 0 saturated carbocycles. The Morgan fingerprint density at radius 3 is 2.58 bits per heavy atom. The molecule has 1 atom stereocenters.